The van der Waals surface area contributed by atoms with Crippen LogP contribution in [0.15, 0.2) is 0 Å². The zero-order valence-corrected chi connectivity index (χ0v) is 10.4. The predicted molar refractivity (Wildman–Crippen MR) is 64.2 cm³/mol. The van der Waals surface area contributed by atoms with Gasteiger partial charge in [0.2, 0.25) is 5.91 Å². The second-order valence-corrected chi connectivity index (χ2v) is 4.91. The number of carboxylic acids is 1. The summed E-state index contributed by atoms with van der Waals surface area (Å²) in [4.78, 5) is 24.1. The number of rotatable bonds is 6. The Kier molecular flexibility index (Phi) is 4.54. The highest BCUT2D eigenvalue weighted by Crippen LogP contribution is 2.26. The Hall–Kier alpha value is -1.14. The minimum Gasteiger partial charge on any atom is -0.480 e. The maximum Gasteiger partial charge on any atom is 0.323 e. The molecule has 0 radical (unpaired) electrons. The molecule has 1 saturated carbocycles. The van der Waals surface area contributed by atoms with Crippen molar-refractivity contribution >= 4 is 11.9 Å². The fourth-order valence-corrected chi connectivity index (χ4v) is 2.19. The van der Waals surface area contributed by atoms with Crippen LogP contribution >= 0.6 is 0 Å². The Morgan fingerprint density at radius 2 is 1.89 bits per heavy atom. The molecule has 0 bridgehead atoms. The van der Waals surface area contributed by atoms with Crippen molar-refractivity contribution in [1.82, 2.24) is 10.2 Å². The maximum absolute atomic E-state index is 11.9. The normalized spacial score (nSPS) is 20.7. The van der Waals surface area contributed by atoms with Gasteiger partial charge in [0.05, 0.1) is 6.10 Å². The van der Waals surface area contributed by atoms with E-state index in [-0.39, 0.29) is 31.2 Å². The van der Waals surface area contributed by atoms with Crippen LogP contribution in [0, 0.1) is 0 Å². The second-order valence-electron chi connectivity index (χ2n) is 4.91. The van der Waals surface area contributed by atoms with E-state index in [0.29, 0.717) is 0 Å². The molecule has 2 aliphatic rings. The smallest absolute Gasteiger partial charge is 0.323 e. The second kappa shape index (κ2) is 6.15. The van der Waals surface area contributed by atoms with Gasteiger partial charge in [0.1, 0.15) is 13.2 Å². The van der Waals surface area contributed by atoms with Crippen molar-refractivity contribution in [3.63, 3.8) is 0 Å². The summed E-state index contributed by atoms with van der Waals surface area (Å²) in [6.45, 7) is 1.63. The van der Waals surface area contributed by atoms with Gasteiger partial charge < -0.3 is 20.1 Å². The van der Waals surface area contributed by atoms with Gasteiger partial charge in [-0.15, -0.1) is 0 Å². The lowest BCUT2D eigenvalue weighted by molar-refractivity contribution is -0.148. The molecule has 102 valence electrons. The molecule has 1 saturated heterocycles. The Morgan fingerprint density at radius 3 is 2.44 bits per heavy atom. The summed E-state index contributed by atoms with van der Waals surface area (Å²) >= 11 is 0. The van der Waals surface area contributed by atoms with Gasteiger partial charge in [-0.2, -0.15) is 0 Å². The van der Waals surface area contributed by atoms with Gasteiger partial charge in [-0.25, -0.2) is 0 Å². The Balaban J connectivity index is 1.75. The van der Waals surface area contributed by atoms with Crippen LogP contribution in [0.2, 0.25) is 0 Å². The van der Waals surface area contributed by atoms with Crippen molar-refractivity contribution < 1.29 is 19.4 Å². The minimum atomic E-state index is -0.961. The fourth-order valence-electron chi connectivity index (χ4n) is 2.19. The van der Waals surface area contributed by atoms with E-state index in [1.54, 1.807) is 0 Å². The first-order valence-corrected chi connectivity index (χ1v) is 6.50. The van der Waals surface area contributed by atoms with Crippen LogP contribution in [0.3, 0.4) is 0 Å². The number of ether oxygens (including phenoxy) is 1. The van der Waals surface area contributed by atoms with Crippen molar-refractivity contribution in [3.8, 4) is 0 Å². The van der Waals surface area contributed by atoms with Crippen molar-refractivity contribution in [2.24, 2.45) is 0 Å². The van der Waals surface area contributed by atoms with E-state index in [1.807, 2.05) is 0 Å². The third-order valence-electron chi connectivity index (χ3n) is 3.34. The molecule has 0 unspecified atom stereocenters. The van der Waals surface area contributed by atoms with E-state index >= 15 is 0 Å². The van der Waals surface area contributed by atoms with Crippen LogP contribution in [0.25, 0.3) is 0 Å². The summed E-state index contributed by atoms with van der Waals surface area (Å²) in [6.07, 6.45) is 3.77. The summed E-state index contributed by atoms with van der Waals surface area (Å²) in [5.41, 5.74) is 0. The zero-order valence-electron chi connectivity index (χ0n) is 10.4. The first-order chi connectivity index (χ1) is 8.66. The van der Waals surface area contributed by atoms with E-state index in [1.165, 1.54) is 4.90 Å². The topological polar surface area (TPSA) is 78.9 Å². The summed E-state index contributed by atoms with van der Waals surface area (Å²) in [5.74, 6) is -1.16. The molecule has 2 N–H and O–H groups in total. The van der Waals surface area contributed by atoms with Crippen molar-refractivity contribution in [3.05, 3.63) is 0 Å². The standard InChI is InChI=1S/C12H20N2O4/c15-11(8-18-10-3-5-13-6-4-10)14(7-12(16)17)9-1-2-9/h9-10,13H,1-8H2,(H,16,17). The summed E-state index contributed by atoms with van der Waals surface area (Å²) in [6, 6.07) is 0.116. The molecule has 6 nitrogen and oxygen atoms in total. The Labute approximate surface area is 106 Å². The van der Waals surface area contributed by atoms with Crippen molar-refractivity contribution in [1.29, 1.82) is 0 Å². The number of nitrogens with zero attached hydrogens (tertiary/aromatic N) is 1. The summed E-state index contributed by atoms with van der Waals surface area (Å²) in [7, 11) is 0. The number of carbonyl (C=O) groups excluding carboxylic acids is 1. The summed E-state index contributed by atoms with van der Waals surface area (Å²) in [5, 5.41) is 12.0. The van der Waals surface area contributed by atoms with Gasteiger partial charge in [-0.1, -0.05) is 0 Å². The average molecular weight is 256 g/mol. The molecule has 0 spiro atoms. The molecule has 0 atom stereocenters. The third kappa shape index (κ3) is 3.96. The van der Waals surface area contributed by atoms with E-state index in [9.17, 15) is 9.59 Å². The monoisotopic (exact) mass is 256 g/mol. The molecule has 0 aromatic heterocycles. The Morgan fingerprint density at radius 1 is 1.22 bits per heavy atom. The van der Waals surface area contributed by atoms with Gasteiger partial charge >= 0.3 is 5.97 Å². The zero-order chi connectivity index (χ0) is 13.0. The van der Waals surface area contributed by atoms with E-state index in [4.69, 9.17) is 9.84 Å². The fraction of sp³-hybridized carbons (Fsp3) is 0.833. The number of nitrogens with one attached hydrogen (secondary N) is 1. The number of carbonyl (C=O) groups is 2. The van der Waals surface area contributed by atoms with Crippen molar-refractivity contribution in [2.75, 3.05) is 26.2 Å². The molecular weight excluding hydrogens is 236 g/mol. The number of aliphatic carboxylic acids is 1. The first-order valence-electron chi connectivity index (χ1n) is 6.50. The molecule has 1 aliphatic heterocycles. The lowest BCUT2D eigenvalue weighted by Gasteiger charge is -2.25. The number of piperidine rings is 1. The van der Waals surface area contributed by atoms with Gasteiger partial charge in [-0.3, -0.25) is 9.59 Å². The van der Waals surface area contributed by atoms with Gasteiger partial charge in [-0.05, 0) is 38.8 Å². The molecule has 18 heavy (non-hydrogen) atoms. The number of hydrogen-bond donors (Lipinski definition) is 2. The molecule has 0 aromatic rings. The molecule has 0 aromatic carbocycles. The van der Waals surface area contributed by atoms with Crippen LogP contribution in [0.1, 0.15) is 25.7 Å². The lowest BCUT2D eigenvalue weighted by Crippen LogP contribution is -2.41. The number of carboxylic acid groups (broad SMARTS) is 1. The van der Waals surface area contributed by atoms with Gasteiger partial charge in [0.25, 0.3) is 0 Å². The van der Waals surface area contributed by atoms with Crippen LogP contribution in [0.4, 0.5) is 0 Å². The predicted octanol–water partition coefficient (Wildman–Crippen LogP) is -0.169. The largest absolute Gasteiger partial charge is 0.480 e. The molecule has 6 heteroatoms. The lowest BCUT2D eigenvalue weighted by atomic mass is 10.1. The van der Waals surface area contributed by atoms with Gasteiger partial charge in [0, 0.05) is 6.04 Å². The van der Waals surface area contributed by atoms with E-state index in [0.717, 1.165) is 38.8 Å². The highest BCUT2D eigenvalue weighted by atomic mass is 16.5. The number of hydrogen-bond acceptors (Lipinski definition) is 4. The van der Waals surface area contributed by atoms with Crippen molar-refractivity contribution in [2.45, 2.75) is 37.8 Å². The van der Waals surface area contributed by atoms with Gasteiger partial charge in [0.15, 0.2) is 0 Å². The Bertz CT molecular complexity index is 311. The highest BCUT2D eigenvalue weighted by Gasteiger charge is 2.34. The molecule has 1 aliphatic carbocycles. The van der Waals surface area contributed by atoms with Crippen LogP contribution in [-0.4, -0.2) is 60.3 Å². The molecule has 2 fully saturated rings. The van der Waals surface area contributed by atoms with E-state index in [2.05, 4.69) is 5.32 Å². The molecular formula is C12H20N2O4. The van der Waals surface area contributed by atoms with Crippen LogP contribution < -0.4 is 5.32 Å². The highest BCUT2D eigenvalue weighted by molar-refractivity contribution is 5.82. The van der Waals surface area contributed by atoms with E-state index < -0.39 is 5.97 Å². The quantitative estimate of drug-likeness (QED) is 0.690. The molecule has 1 amide bonds. The SMILES string of the molecule is O=C(O)CN(C(=O)COC1CCNCC1)C1CC1. The minimum absolute atomic E-state index is 0.00838. The third-order valence-corrected chi connectivity index (χ3v) is 3.34. The van der Waals surface area contributed by atoms with Crippen LogP contribution in [0.5, 0.6) is 0 Å². The summed E-state index contributed by atoms with van der Waals surface area (Å²) < 4.78 is 5.56. The maximum atomic E-state index is 11.9. The molecule has 2 rings (SSSR count). The average Bonchev–Trinajstić information content (AvgIpc) is 3.18. The first kappa shape index (κ1) is 13.3. The number of amides is 1. The molecule has 1 heterocycles. The van der Waals surface area contributed by atoms with Crippen LogP contribution in [-0.2, 0) is 14.3 Å².